The van der Waals surface area contributed by atoms with Crippen LogP contribution in [0, 0.1) is 5.82 Å². The highest BCUT2D eigenvalue weighted by Gasteiger charge is 2.11. The van der Waals surface area contributed by atoms with E-state index in [2.05, 4.69) is 0 Å². The van der Waals surface area contributed by atoms with Gasteiger partial charge in [-0.2, -0.15) is 0 Å². The van der Waals surface area contributed by atoms with Crippen molar-refractivity contribution in [3.63, 3.8) is 0 Å². The van der Waals surface area contributed by atoms with E-state index in [1.807, 2.05) is 6.08 Å². The summed E-state index contributed by atoms with van der Waals surface area (Å²) >= 11 is 5.71. The number of benzene rings is 1. The number of aliphatic hydroxyl groups excluding tert-OH is 1. The first kappa shape index (κ1) is 12.6. The molecule has 3 heteroatoms. The van der Waals surface area contributed by atoms with Crippen LogP contribution in [0.5, 0.6) is 0 Å². The molecular weight excluding hydrogens is 239 g/mol. The van der Waals surface area contributed by atoms with E-state index in [4.69, 9.17) is 11.6 Å². The second-order valence-corrected chi connectivity index (χ2v) is 4.99. The summed E-state index contributed by atoms with van der Waals surface area (Å²) in [6, 6.07) is 4.76. The summed E-state index contributed by atoms with van der Waals surface area (Å²) in [4.78, 5) is 0. The van der Waals surface area contributed by atoms with Gasteiger partial charge in [-0.25, -0.2) is 4.39 Å². The van der Waals surface area contributed by atoms with Crippen LogP contribution < -0.4 is 0 Å². The van der Waals surface area contributed by atoms with Crippen LogP contribution >= 0.6 is 11.6 Å². The first-order valence-corrected chi connectivity index (χ1v) is 6.34. The molecule has 1 nitrogen and oxygen atoms in total. The molecule has 1 aromatic rings. The molecule has 0 aromatic heterocycles. The molecule has 0 saturated carbocycles. The van der Waals surface area contributed by atoms with Gasteiger partial charge >= 0.3 is 0 Å². The molecule has 0 heterocycles. The molecule has 1 aliphatic carbocycles. The molecule has 92 valence electrons. The molecule has 0 aliphatic heterocycles. The minimum Gasteiger partial charge on any atom is -0.389 e. The van der Waals surface area contributed by atoms with Crippen molar-refractivity contribution in [3.05, 3.63) is 46.3 Å². The molecule has 1 atom stereocenters. The first-order chi connectivity index (χ1) is 8.15. The number of rotatable bonds is 2. The Bertz CT molecular complexity index is 428. The number of hydrogen-bond acceptors (Lipinski definition) is 1. The van der Waals surface area contributed by atoms with Crippen molar-refractivity contribution in [2.75, 3.05) is 0 Å². The van der Waals surface area contributed by atoms with Crippen LogP contribution in [-0.4, -0.2) is 11.2 Å². The fourth-order valence-corrected chi connectivity index (χ4v) is 2.36. The quantitative estimate of drug-likeness (QED) is 0.794. The SMILES string of the molecule is OC1C=C(Cc2ccc(Cl)cc2F)CCCC1. The van der Waals surface area contributed by atoms with E-state index in [1.54, 1.807) is 12.1 Å². The Labute approximate surface area is 106 Å². The molecule has 1 N–H and O–H groups in total. The van der Waals surface area contributed by atoms with Crippen LogP contribution in [0.3, 0.4) is 0 Å². The number of hydrogen-bond donors (Lipinski definition) is 1. The Morgan fingerprint density at radius 1 is 1.35 bits per heavy atom. The summed E-state index contributed by atoms with van der Waals surface area (Å²) in [7, 11) is 0. The summed E-state index contributed by atoms with van der Waals surface area (Å²) < 4.78 is 13.6. The van der Waals surface area contributed by atoms with Crippen molar-refractivity contribution < 1.29 is 9.50 Å². The normalized spacial score (nSPS) is 20.9. The van der Waals surface area contributed by atoms with E-state index in [9.17, 15) is 9.50 Å². The Morgan fingerprint density at radius 2 is 2.18 bits per heavy atom. The fourth-order valence-electron chi connectivity index (χ4n) is 2.20. The minimum absolute atomic E-state index is 0.267. The molecule has 0 radical (unpaired) electrons. The number of aliphatic hydroxyl groups is 1. The van der Waals surface area contributed by atoms with Gasteiger partial charge in [0.2, 0.25) is 0 Å². The summed E-state index contributed by atoms with van der Waals surface area (Å²) in [5, 5.41) is 10.1. The molecule has 0 fully saturated rings. The van der Waals surface area contributed by atoms with Crippen LogP contribution in [0.25, 0.3) is 0 Å². The van der Waals surface area contributed by atoms with Crippen LogP contribution in [0.1, 0.15) is 31.2 Å². The third-order valence-corrected chi connectivity index (χ3v) is 3.34. The highest BCUT2D eigenvalue weighted by Crippen LogP contribution is 2.23. The number of halogens is 2. The van der Waals surface area contributed by atoms with E-state index in [1.165, 1.54) is 6.07 Å². The summed E-state index contributed by atoms with van der Waals surface area (Å²) in [5.41, 5.74) is 1.77. The molecule has 0 spiro atoms. The van der Waals surface area contributed by atoms with Gasteiger partial charge in [-0.1, -0.05) is 35.7 Å². The Balaban J connectivity index is 2.14. The molecule has 17 heavy (non-hydrogen) atoms. The van der Waals surface area contributed by atoms with E-state index in [0.717, 1.165) is 31.3 Å². The predicted octanol–water partition coefficient (Wildman–Crippen LogP) is 3.88. The van der Waals surface area contributed by atoms with Crippen molar-refractivity contribution >= 4 is 11.6 Å². The van der Waals surface area contributed by atoms with E-state index < -0.39 is 0 Å². The largest absolute Gasteiger partial charge is 0.389 e. The smallest absolute Gasteiger partial charge is 0.128 e. The Morgan fingerprint density at radius 3 is 2.94 bits per heavy atom. The molecule has 1 unspecified atom stereocenters. The van der Waals surface area contributed by atoms with Gasteiger partial charge in [0.25, 0.3) is 0 Å². The average molecular weight is 255 g/mol. The zero-order valence-corrected chi connectivity index (χ0v) is 10.4. The Kier molecular flexibility index (Phi) is 4.19. The van der Waals surface area contributed by atoms with Gasteiger partial charge in [-0.05, 0) is 43.4 Å². The monoisotopic (exact) mass is 254 g/mol. The summed E-state index contributed by atoms with van der Waals surface area (Å²) in [5.74, 6) is -0.267. The molecular formula is C14H16ClFO. The lowest BCUT2D eigenvalue weighted by Gasteiger charge is -2.08. The Hall–Kier alpha value is -0.860. The van der Waals surface area contributed by atoms with Crippen LogP contribution in [0.4, 0.5) is 4.39 Å². The zero-order valence-electron chi connectivity index (χ0n) is 9.63. The van der Waals surface area contributed by atoms with Gasteiger partial charge < -0.3 is 5.11 Å². The molecule has 2 rings (SSSR count). The van der Waals surface area contributed by atoms with E-state index in [-0.39, 0.29) is 11.9 Å². The first-order valence-electron chi connectivity index (χ1n) is 5.97. The summed E-state index contributed by atoms with van der Waals surface area (Å²) in [6.45, 7) is 0. The molecule has 0 amide bonds. The predicted molar refractivity (Wildman–Crippen MR) is 67.7 cm³/mol. The third-order valence-electron chi connectivity index (χ3n) is 3.11. The lowest BCUT2D eigenvalue weighted by Crippen LogP contribution is -2.01. The van der Waals surface area contributed by atoms with Crippen molar-refractivity contribution in [2.45, 2.75) is 38.2 Å². The molecule has 1 aromatic carbocycles. The van der Waals surface area contributed by atoms with E-state index in [0.29, 0.717) is 17.0 Å². The second kappa shape index (κ2) is 5.65. The van der Waals surface area contributed by atoms with Gasteiger partial charge in [0, 0.05) is 5.02 Å². The van der Waals surface area contributed by atoms with Gasteiger partial charge in [0.05, 0.1) is 6.10 Å². The highest BCUT2D eigenvalue weighted by atomic mass is 35.5. The van der Waals surface area contributed by atoms with Crippen molar-refractivity contribution in [1.29, 1.82) is 0 Å². The molecule has 0 bridgehead atoms. The topological polar surface area (TPSA) is 20.2 Å². The fraction of sp³-hybridized carbons (Fsp3) is 0.429. The maximum Gasteiger partial charge on any atom is 0.128 e. The van der Waals surface area contributed by atoms with Crippen LogP contribution in [0.15, 0.2) is 29.8 Å². The standard InChI is InChI=1S/C14H16ClFO/c15-12-6-5-11(14(16)9-12)7-10-3-1-2-4-13(17)8-10/h5-6,8-9,13,17H,1-4,7H2. The zero-order chi connectivity index (χ0) is 12.3. The lowest BCUT2D eigenvalue weighted by molar-refractivity contribution is 0.211. The van der Waals surface area contributed by atoms with Crippen LogP contribution in [-0.2, 0) is 6.42 Å². The van der Waals surface area contributed by atoms with Crippen molar-refractivity contribution in [1.82, 2.24) is 0 Å². The second-order valence-electron chi connectivity index (χ2n) is 4.55. The molecule has 0 saturated heterocycles. The highest BCUT2D eigenvalue weighted by molar-refractivity contribution is 6.30. The number of allylic oxidation sites excluding steroid dienone is 1. The van der Waals surface area contributed by atoms with E-state index >= 15 is 0 Å². The molecule has 1 aliphatic rings. The maximum absolute atomic E-state index is 13.6. The van der Waals surface area contributed by atoms with Crippen molar-refractivity contribution in [3.8, 4) is 0 Å². The summed E-state index contributed by atoms with van der Waals surface area (Å²) in [6.07, 6.45) is 5.93. The van der Waals surface area contributed by atoms with Gasteiger partial charge in [0.1, 0.15) is 5.82 Å². The van der Waals surface area contributed by atoms with Gasteiger partial charge in [-0.3, -0.25) is 0 Å². The minimum atomic E-state index is -0.372. The van der Waals surface area contributed by atoms with Crippen LogP contribution in [0.2, 0.25) is 5.02 Å². The lowest BCUT2D eigenvalue weighted by atomic mass is 10.0. The average Bonchev–Trinajstić information content (AvgIpc) is 2.47. The third kappa shape index (κ3) is 3.55. The van der Waals surface area contributed by atoms with Gasteiger partial charge in [0.15, 0.2) is 0 Å². The maximum atomic E-state index is 13.6. The van der Waals surface area contributed by atoms with Gasteiger partial charge in [-0.15, -0.1) is 0 Å². The van der Waals surface area contributed by atoms with Crippen molar-refractivity contribution in [2.24, 2.45) is 0 Å².